The molecule has 0 radical (unpaired) electrons. The van der Waals surface area contributed by atoms with Gasteiger partial charge in [0.05, 0.1) is 25.3 Å². The molecule has 1 saturated heterocycles. The van der Waals surface area contributed by atoms with Gasteiger partial charge in [0.1, 0.15) is 17.9 Å². The SMILES string of the molecule is CC(C)c1noc(N2CCC(C3CC3CCOc3ccc(CC(=O)N4CCc5cncnc5C4)c(F)c3)CC2)n1. The second-order valence-electron chi connectivity index (χ2n) is 11.7. The molecule has 212 valence electrons. The summed E-state index contributed by atoms with van der Waals surface area (Å²) in [6, 6.07) is 5.50. The van der Waals surface area contributed by atoms with Crippen molar-refractivity contribution >= 4 is 11.9 Å². The van der Waals surface area contributed by atoms with Crippen LogP contribution in [0, 0.1) is 23.6 Å². The zero-order valence-corrected chi connectivity index (χ0v) is 23.3. The Morgan fingerprint density at radius 3 is 2.85 bits per heavy atom. The van der Waals surface area contributed by atoms with Gasteiger partial charge in [0, 0.05) is 37.8 Å². The number of fused-ring (bicyclic) bond motifs is 1. The Balaban J connectivity index is 0.919. The second kappa shape index (κ2) is 11.5. The van der Waals surface area contributed by atoms with Crippen molar-refractivity contribution in [3.05, 3.63) is 59.2 Å². The van der Waals surface area contributed by atoms with Gasteiger partial charge in [-0.1, -0.05) is 25.1 Å². The van der Waals surface area contributed by atoms with Crippen LogP contribution in [-0.4, -0.2) is 57.2 Å². The third kappa shape index (κ3) is 5.95. The minimum Gasteiger partial charge on any atom is -0.493 e. The van der Waals surface area contributed by atoms with Gasteiger partial charge in [0.2, 0.25) is 5.91 Å². The number of halogens is 1. The fraction of sp³-hybridized carbons (Fsp3) is 0.567. The number of amides is 1. The zero-order valence-electron chi connectivity index (χ0n) is 23.3. The Bertz CT molecular complexity index is 1340. The zero-order chi connectivity index (χ0) is 27.6. The number of benzene rings is 1. The highest BCUT2D eigenvalue weighted by molar-refractivity contribution is 5.79. The molecule has 1 aliphatic carbocycles. The van der Waals surface area contributed by atoms with Gasteiger partial charge < -0.3 is 19.1 Å². The van der Waals surface area contributed by atoms with E-state index in [0.29, 0.717) is 42.9 Å². The molecule has 2 atom stereocenters. The Labute approximate surface area is 234 Å². The van der Waals surface area contributed by atoms with E-state index in [1.54, 1.807) is 23.2 Å². The van der Waals surface area contributed by atoms with E-state index in [0.717, 1.165) is 67.7 Å². The minimum absolute atomic E-state index is 0.0283. The number of carbonyl (C=O) groups is 1. The van der Waals surface area contributed by atoms with Crippen LogP contribution < -0.4 is 9.64 Å². The van der Waals surface area contributed by atoms with E-state index >= 15 is 0 Å². The summed E-state index contributed by atoms with van der Waals surface area (Å²) < 4.78 is 26.2. The molecule has 2 unspecified atom stereocenters. The highest BCUT2D eigenvalue weighted by Crippen LogP contribution is 2.50. The highest BCUT2D eigenvalue weighted by Gasteiger charge is 2.43. The Morgan fingerprint density at radius 2 is 2.08 bits per heavy atom. The number of ether oxygens (including phenoxy) is 1. The van der Waals surface area contributed by atoms with Crippen molar-refractivity contribution in [2.75, 3.05) is 31.1 Å². The summed E-state index contributed by atoms with van der Waals surface area (Å²) >= 11 is 0. The molecule has 3 aliphatic rings. The molecule has 1 saturated carbocycles. The van der Waals surface area contributed by atoms with E-state index in [-0.39, 0.29) is 18.2 Å². The maximum atomic E-state index is 14.8. The molecule has 9 nitrogen and oxygen atoms in total. The topological polar surface area (TPSA) is 97.5 Å². The van der Waals surface area contributed by atoms with E-state index in [4.69, 9.17) is 9.26 Å². The average molecular weight is 549 g/mol. The first-order valence-electron chi connectivity index (χ1n) is 14.5. The summed E-state index contributed by atoms with van der Waals surface area (Å²) in [6.45, 7) is 7.67. The summed E-state index contributed by atoms with van der Waals surface area (Å²) in [4.78, 5) is 29.6. The first kappa shape index (κ1) is 26.7. The normalized spacial score (nSPS) is 21.0. The predicted octanol–water partition coefficient (Wildman–Crippen LogP) is 4.57. The van der Waals surface area contributed by atoms with Crippen LogP contribution in [0.3, 0.4) is 0 Å². The number of anilines is 1. The van der Waals surface area contributed by atoms with Crippen molar-refractivity contribution < 1.29 is 18.4 Å². The summed E-state index contributed by atoms with van der Waals surface area (Å²) in [6.07, 6.45) is 8.56. The largest absolute Gasteiger partial charge is 0.493 e. The van der Waals surface area contributed by atoms with Crippen LogP contribution >= 0.6 is 0 Å². The second-order valence-corrected chi connectivity index (χ2v) is 11.7. The highest BCUT2D eigenvalue weighted by atomic mass is 19.1. The van der Waals surface area contributed by atoms with Gasteiger partial charge in [-0.3, -0.25) is 4.79 Å². The van der Waals surface area contributed by atoms with Gasteiger partial charge in [-0.2, -0.15) is 4.98 Å². The molecule has 3 aromatic rings. The number of nitrogens with zero attached hydrogens (tertiary/aromatic N) is 6. The van der Waals surface area contributed by atoms with E-state index in [1.807, 2.05) is 0 Å². The van der Waals surface area contributed by atoms with Gasteiger partial charge in [-0.15, -0.1) is 0 Å². The smallest absolute Gasteiger partial charge is 0.324 e. The van der Waals surface area contributed by atoms with Crippen LogP contribution in [0.5, 0.6) is 5.75 Å². The van der Waals surface area contributed by atoms with E-state index in [2.05, 4.69) is 38.9 Å². The van der Waals surface area contributed by atoms with Crippen molar-refractivity contribution in [3.8, 4) is 5.75 Å². The number of aromatic nitrogens is 4. The lowest BCUT2D eigenvalue weighted by Crippen LogP contribution is -2.37. The van der Waals surface area contributed by atoms with Crippen molar-refractivity contribution in [2.24, 2.45) is 17.8 Å². The first-order chi connectivity index (χ1) is 19.4. The van der Waals surface area contributed by atoms with Gasteiger partial charge in [0.25, 0.3) is 0 Å². The third-order valence-electron chi connectivity index (χ3n) is 8.69. The van der Waals surface area contributed by atoms with Crippen LogP contribution in [0.25, 0.3) is 0 Å². The molecule has 40 heavy (non-hydrogen) atoms. The lowest BCUT2D eigenvalue weighted by atomic mass is 9.90. The molecular weight excluding hydrogens is 511 g/mol. The lowest BCUT2D eigenvalue weighted by Gasteiger charge is -2.30. The van der Waals surface area contributed by atoms with Crippen LogP contribution in [0.15, 0.2) is 35.2 Å². The number of carbonyl (C=O) groups excluding carboxylic acids is 1. The average Bonchev–Trinajstić information content (AvgIpc) is 3.56. The molecule has 2 fully saturated rings. The Morgan fingerprint density at radius 1 is 1.23 bits per heavy atom. The van der Waals surface area contributed by atoms with Crippen LogP contribution in [-0.2, 0) is 24.2 Å². The molecule has 1 aromatic carbocycles. The summed E-state index contributed by atoms with van der Waals surface area (Å²) in [5.41, 5.74) is 2.33. The molecule has 6 rings (SSSR count). The molecule has 0 bridgehead atoms. The monoisotopic (exact) mass is 548 g/mol. The molecule has 0 N–H and O–H groups in total. The standard InChI is InChI=1S/C30H37FN6O3/c1-19(2)29-34-30(40-35-29)36-9-5-20(6-10-36)25-13-21(25)8-12-39-24-4-3-22(26(31)15-24)14-28(38)37-11-7-23-16-32-18-33-27(23)17-37/h3-4,15-16,18-21,25H,5-14,17H2,1-2H3. The van der Waals surface area contributed by atoms with Crippen molar-refractivity contribution in [1.29, 1.82) is 0 Å². The Kier molecular flexibility index (Phi) is 7.67. The van der Waals surface area contributed by atoms with Gasteiger partial charge >= 0.3 is 6.01 Å². The van der Waals surface area contributed by atoms with Gasteiger partial charge in [-0.05, 0) is 67.1 Å². The van der Waals surface area contributed by atoms with E-state index < -0.39 is 5.82 Å². The molecule has 10 heteroatoms. The number of piperidine rings is 1. The molecular formula is C30H37FN6O3. The summed E-state index contributed by atoms with van der Waals surface area (Å²) in [5, 5.41) is 4.09. The van der Waals surface area contributed by atoms with Crippen molar-refractivity contribution in [2.45, 2.75) is 64.8 Å². The quantitative estimate of drug-likeness (QED) is 0.384. The Hall–Kier alpha value is -3.56. The fourth-order valence-electron chi connectivity index (χ4n) is 6.12. The van der Waals surface area contributed by atoms with Crippen molar-refractivity contribution in [1.82, 2.24) is 25.0 Å². The van der Waals surface area contributed by atoms with E-state index in [1.165, 1.54) is 18.8 Å². The molecule has 0 spiro atoms. The van der Waals surface area contributed by atoms with Crippen molar-refractivity contribution in [3.63, 3.8) is 0 Å². The lowest BCUT2D eigenvalue weighted by molar-refractivity contribution is -0.131. The molecule has 2 aliphatic heterocycles. The maximum Gasteiger partial charge on any atom is 0.324 e. The van der Waals surface area contributed by atoms with Crippen LogP contribution in [0.1, 0.15) is 68.1 Å². The van der Waals surface area contributed by atoms with Crippen LogP contribution in [0.4, 0.5) is 10.4 Å². The van der Waals surface area contributed by atoms with Gasteiger partial charge in [0.15, 0.2) is 5.82 Å². The number of hydrogen-bond acceptors (Lipinski definition) is 8. The fourth-order valence-corrected chi connectivity index (χ4v) is 6.12. The first-order valence-corrected chi connectivity index (χ1v) is 14.5. The maximum absolute atomic E-state index is 14.8. The molecule has 2 aromatic heterocycles. The van der Waals surface area contributed by atoms with Crippen LogP contribution in [0.2, 0.25) is 0 Å². The summed E-state index contributed by atoms with van der Waals surface area (Å²) in [5.74, 6) is 3.20. The van der Waals surface area contributed by atoms with E-state index in [9.17, 15) is 9.18 Å². The summed E-state index contributed by atoms with van der Waals surface area (Å²) in [7, 11) is 0. The third-order valence-corrected chi connectivity index (χ3v) is 8.69. The number of rotatable bonds is 9. The molecule has 1 amide bonds. The number of hydrogen-bond donors (Lipinski definition) is 0. The van der Waals surface area contributed by atoms with Gasteiger partial charge in [-0.25, -0.2) is 14.4 Å². The molecule has 4 heterocycles. The minimum atomic E-state index is -0.400. The predicted molar refractivity (Wildman–Crippen MR) is 146 cm³/mol.